The van der Waals surface area contributed by atoms with Crippen LogP contribution in [0.1, 0.15) is 48.0 Å². The summed E-state index contributed by atoms with van der Waals surface area (Å²) in [7, 11) is -3.46. The van der Waals surface area contributed by atoms with Gasteiger partial charge in [-0.3, -0.25) is 14.3 Å². The van der Waals surface area contributed by atoms with E-state index in [1.54, 1.807) is 54.3 Å². The molecule has 0 spiro atoms. The first-order chi connectivity index (χ1) is 15.6. The highest BCUT2D eigenvalue weighted by atomic mass is 35.5. The maximum absolute atomic E-state index is 13.5. The molecule has 3 atom stereocenters. The molecule has 0 aromatic heterocycles. The monoisotopic (exact) mass is 489 g/mol. The number of carbonyl (C=O) groups is 2. The van der Waals surface area contributed by atoms with Crippen LogP contribution in [0.25, 0.3) is 0 Å². The van der Waals surface area contributed by atoms with Crippen molar-refractivity contribution in [2.75, 3.05) is 16.3 Å². The van der Waals surface area contributed by atoms with Gasteiger partial charge in [-0.1, -0.05) is 36.6 Å². The van der Waals surface area contributed by atoms with E-state index >= 15 is 0 Å². The van der Waals surface area contributed by atoms with Gasteiger partial charge in [-0.15, -0.1) is 0 Å². The van der Waals surface area contributed by atoms with E-state index in [-0.39, 0.29) is 23.8 Å². The molecule has 0 radical (unpaired) electrons. The average molecular weight is 490 g/mol. The van der Waals surface area contributed by atoms with Crippen LogP contribution in [0.4, 0.5) is 11.4 Å². The molecule has 9 heteroatoms. The number of rotatable bonds is 5. The minimum Gasteiger partial charge on any atom is -0.324 e. The Kier molecular flexibility index (Phi) is 6.68. The summed E-state index contributed by atoms with van der Waals surface area (Å²) in [5, 5.41) is 3.38. The molecule has 1 saturated heterocycles. The lowest BCUT2D eigenvalue weighted by atomic mass is 9.84. The minimum absolute atomic E-state index is 0.0291. The van der Waals surface area contributed by atoms with Gasteiger partial charge in [0, 0.05) is 22.3 Å². The van der Waals surface area contributed by atoms with Crippen LogP contribution in [0.15, 0.2) is 42.5 Å². The van der Waals surface area contributed by atoms with Crippen LogP contribution >= 0.6 is 11.6 Å². The molecule has 0 bridgehead atoms. The summed E-state index contributed by atoms with van der Waals surface area (Å²) in [4.78, 5) is 28.6. The number of sulfonamides is 1. The molecule has 2 fully saturated rings. The lowest BCUT2D eigenvalue weighted by Gasteiger charge is -2.33. The van der Waals surface area contributed by atoms with Gasteiger partial charge in [0.15, 0.2) is 0 Å². The molecule has 1 heterocycles. The molecule has 1 saturated carbocycles. The molecule has 2 amide bonds. The zero-order chi connectivity index (χ0) is 23.8. The number of carbonyl (C=O) groups excluding carboxylic acids is 2. The van der Waals surface area contributed by atoms with Crippen LogP contribution in [0.3, 0.4) is 0 Å². The second-order valence-electron chi connectivity index (χ2n) is 8.98. The largest absolute Gasteiger partial charge is 0.324 e. The normalized spacial score (nSPS) is 22.5. The maximum atomic E-state index is 13.5. The first kappa shape index (κ1) is 23.6. The molecular formula is C24H28ClN3O4S. The zero-order valence-corrected chi connectivity index (χ0v) is 20.2. The first-order valence-corrected chi connectivity index (χ1v) is 13.4. The van der Waals surface area contributed by atoms with Gasteiger partial charge < -0.3 is 10.2 Å². The Morgan fingerprint density at radius 1 is 1.09 bits per heavy atom. The van der Waals surface area contributed by atoms with Crippen molar-refractivity contribution in [1.29, 1.82) is 0 Å². The van der Waals surface area contributed by atoms with E-state index < -0.39 is 16.1 Å². The van der Waals surface area contributed by atoms with Crippen molar-refractivity contribution in [2.24, 2.45) is 5.92 Å². The molecular weight excluding hydrogens is 462 g/mol. The zero-order valence-electron chi connectivity index (χ0n) is 18.7. The summed E-state index contributed by atoms with van der Waals surface area (Å²) in [6, 6.07) is 11.3. The van der Waals surface area contributed by atoms with E-state index in [4.69, 9.17) is 11.6 Å². The van der Waals surface area contributed by atoms with Crippen LogP contribution in [0, 0.1) is 12.8 Å². The fraction of sp³-hybridized carbons (Fsp3) is 0.417. The standard InChI is InChI=1S/C24H28ClN3O4S/c1-15-10-11-19(14-20(15)27-33(2,31)32)26-23(29)22-13-16-6-3-4-9-21(16)28(22)24(30)17-7-5-8-18(25)12-17/h5,7-8,10-12,14,16,21-22,27H,3-4,6,9,13H2,1-2H3,(H,26,29). The molecule has 2 N–H and O–H groups in total. The number of halogens is 1. The number of aryl methyl sites for hydroxylation is 1. The third kappa shape index (κ3) is 5.33. The Balaban J connectivity index is 1.60. The number of likely N-dealkylation sites (tertiary alicyclic amines) is 1. The molecule has 7 nitrogen and oxygen atoms in total. The summed E-state index contributed by atoms with van der Waals surface area (Å²) >= 11 is 6.11. The van der Waals surface area contributed by atoms with Crippen molar-refractivity contribution in [3.63, 3.8) is 0 Å². The van der Waals surface area contributed by atoms with Gasteiger partial charge in [-0.25, -0.2) is 8.42 Å². The van der Waals surface area contributed by atoms with Crippen molar-refractivity contribution < 1.29 is 18.0 Å². The average Bonchev–Trinajstić information content (AvgIpc) is 3.14. The summed E-state index contributed by atoms with van der Waals surface area (Å²) in [6.07, 6.45) is 5.72. The van der Waals surface area contributed by atoms with Gasteiger partial charge in [-0.05, 0) is 68.0 Å². The van der Waals surface area contributed by atoms with E-state index in [0.717, 1.165) is 37.5 Å². The van der Waals surface area contributed by atoms with Crippen molar-refractivity contribution in [1.82, 2.24) is 4.90 Å². The Labute approximate surface area is 199 Å². The Bertz CT molecular complexity index is 1180. The van der Waals surface area contributed by atoms with Gasteiger partial charge in [0.25, 0.3) is 5.91 Å². The molecule has 2 aliphatic rings. The molecule has 3 unspecified atom stereocenters. The van der Waals surface area contributed by atoms with Crippen LogP contribution in [0.5, 0.6) is 0 Å². The van der Waals surface area contributed by atoms with Gasteiger partial charge in [0.05, 0.1) is 11.9 Å². The Morgan fingerprint density at radius 3 is 2.58 bits per heavy atom. The molecule has 2 aromatic rings. The number of fused-ring (bicyclic) bond motifs is 1. The van der Waals surface area contributed by atoms with Gasteiger partial charge in [-0.2, -0.15) is 0 Å². The predicted octanol–water partition coefficient (Wildman–Crippen LogP) is 4.43. The van der Waals surface area contributed by atoms with Crippen molar-refractivity contribution in [2.45, 2.75) is 51.1 Å². The van der Waals surface area contributed by atoms with Gasteiger partial charge in [0.1, 0.15) is 6.04 Å². The summed E-state index contributed by atoms with van der Waals surface area (Å²) < 4.78 is 25.8. The lowest BCUT2D eigenvalue weighted by Crippen LogP contribution is -2.47. The third-order valence-electron chi connectivity index (χ3n) is 6.50. The summed E-state index contributed by atoms with van der Waals surface area (Å²) in [5.41, 5.74) is 2.09. The topological polar surface area (TPSA) is 95.6 Å². The van der Waals surface area contributed by atoms with E-state index in [1.165, 1.54) is 0 Å². The predicted molar refractivity (Wildman–Crippen MR) is 130 cm³/mol. The second-order valence-corrected chi connectivity index (χ2v) is 11.2. The van der Waals surface area contributed by atoms with Crippen molar-refractivity contribution >= 4 is 44.8 Å². The highest BCUT2D eigenvalue weighted by Crippen LogP contribution is 2.41. The molecule has 176 valence electrons. The highest BCUT2D eigenvalue weighted by Gasteiger charge is 2.47. The second kappa shape index (κ2) is 9.35. The highest BCUT2D eigenvalue weighted by molar-refractivity contribution is 7.92. The number of amides is 2. The van der Waals surface area contributed by atoms with Gasteiger partial charge >= 0.3 is 0 Å². The number of hydrogen-bond acceptors (Lipinski definition) is 4. The fourth-order valence-corrected chi connectivity index (χ4v) is 5.80. The molecule has 1 aliphatic carbocycles. The fourth-order valence-electron chi connectivity index (χ4n) is 4.99. The van der Waals surface area contributed by atoms with Gasteiger partial charge in [0.2, 0.25) is 15.9 Å². The van der Waals surface area contributed by atoms with E-state index in [2.05, 4.69) is 10.0 Å². The molecule has 4 rings (SSSR count). The van der Waals surface area contributed by atoms with E-state index in [9.17, 15) is 18.0 Å². The smallest absolute Gasteiger partial charge is 0.254 e. The number of nitrogens with one attached hydrogen (secondary N) is 2. The maximum Gasteiger partial charge on any atom is 0.254 e. The SMILES string of the molecule is Cc1ccc(NC(=O)C2CC3CCCCC3N2C(=O)c2cccc(Cl)c2)cc1NS(C)(=O)=O. The third-order valence-corrected chi connectivity index (χ3v) is 7.32. The first-order valence-electron chi connectivity index (χ1n) is 11.1. The Morgan fingerprint density at radius 2 is 1.85 bits per heavy atom. The van der Waals surface area contributed by atoms with E-state index in [0.29, 0.717) is 28.4 Å². The summed E-state index contributed by atoms with van der Waals surface area (Å²) in [6.45, 7) is 1.78. The van der Waals surface area contributed by atoms with Crippen molar-refractivity contribution in [3.05, 3.63) is 58.6 Å². The number of nitrogens with zero attached hydrogens (tertiary/aromatic N) is 1. The van der Waals surface area contributed by atoms with Crippen LogP contribution in [0.2, 0.25) is 5.02 Å². The molecule has 1 aliphatic heterocycles. The quantitative estimate of drug-likeness (QED) is 0.649. The minimum atomic E-state index is -3.46. The number of benzene rings is 2. The lowest BCUT2D eigenvalue weighted by molar-refractivity contribution is -0.120. The van der Waals surface area contributed by atoms with Crippen LogP contribution in [-0.2, 0) is 14.8 Å². The summed E-state index contributed by atoms with van der Waals surface area (Å²) in [5.74, 6) is -0.164. The number of hydrogen-bond donors (Lipinski definition) is 2. The molecule has 33 heavy (non-hydrogen) atoms. The Hall–Kier alpha value is -2.58. The van der Waals surface area contributed by atoms with Crippen molar-refractivity contribution in [3.8, 4) is 0 Å². The van der Waals surface area contributed by atoms with Crippen LogP contribution in [-0.4, -0.2) is 43.5 Å². The molecule has 2 aromatic carbocycles. The van der Waals surface area contributed by atoms with E-state index in [1.807, 2.05) is 0 Å². The number of anilines is 2. The van der Waals surface area contributed by atoms with Crippen LogP contribution < -0.4 is 10.0 Å².